The van der Waals surface area contributed by atoms with Crippen LogP contribution in [-0.2, 0) is 0 Å². The van der Waals surface area contributed by atoms with Gasteiger partial charge in [-0.15, -0.1) is 13.2 Å². The molecule has 0 amide bonds. The van der Waals surface area contributed by atoms with Gasteiger partial charge in [-0.3, -0.25) is 0 Å². The molecule has 0 saturated heterocycles. The van der Waals surface area contributed by atoms with Gasteiger partial charge >= 0.3 is 0 Å². The summed E-state index contributed by atoms with van der Waals surface area (Å²) < 4.78 is 0. The first kappa shape index (κ1) is 12.9. The Bertz CT molecular complexity index is 138. The normalized spacial score (nSPS) is 12.0. The molecule has 0 saturated carbocycles. The molecular weight excluding hydrogens is 132 g/mol. The highest BCUT2D eigenvalue weighted by atomic mass is 13.9. The average Bonchev–Trinajstić information content (AvgIpc) is 2.07. The predicted octanol–water partition coefficient (Wildman–Crippen LogP) is 4.11. The molecule has 0 atom stereocenters. The van der Waals surface area contributed by atoms with E-state index in [4.69, 9.17) is 0 Å². The van der Waals surface area contributed by atoms with E-state index in [1.807, 2.05) is 6.92 Å². The summed E-state index contributed by atoms with van der Waals surface area (Å²) in [7, 11) is 0. The van der Waals surface area contributed by atoms with Gasteiger partial charge in [-0.2, -0.15) is 0 Å². The van der Waals surface area contributed by atoms with Crippen LogP contribution in [-0.4, -0.2) is 0 Å². The number of hydrogen-bond donors (Lipinski definition) is 0. The first-order valence-electron chi connectivity index (χ1n) is 4.01. The van der Waals surface area contributed by atoms with E-state index in [1.165, 1.54) is 11.1 Å². The van der Waals surface area contributed by atoms with Gasteiger partial charge < -0.3 is 0 Å². The largest absolute Gasteiger partial charge is 0.106 e. The summed E-state index contributed by atoms with van der Waals surface area (Å²) in [5.41, 5.74) is 2.88. The summed E-state index contributed by atoms with van der Waals surface area (Å²) in [6, 6.07) is 0. The van der Waals surface area contributed by atoms with Crippen molar-refractivity contribution in [2.75, 3.05) is 0 Å². The highest BCUT2D eigenvalue weighted by Crippen LogP contribution is 2.07. The molecule has 0 heterocycles. The molecule has 0 unspecified atom stereocenters. The molecule has 0 heteroatoms. The van der Waals surface area contributed by atoms with E-state index in [2.05, 4.69) is 46.1 Å². The van der Waals surface area contributed by atoms with Crippen LogP contribution in [0.3, 0.4) is 0 Å². The standard InChI is InChI=1S/C9H16.C2H4/c1-5-7-9(4)8(3)6-2;1-2/h5,7H,6H2,1-4H3;1-2H2/b7-5-,9-8-;. The monoisotopic (exact) mass is 152 g/mol. The molecule has 0 rings (SSSR count). The molecule has 0 radical (unpaired) electrons. The second-order valence-electron chi connectivity index (χ2n) is 2.32. The Morgan fingerprint density at radius 3 is 2.00 bits per heavy atom. The predicted molar refractivity (Wildman–Crippen MR) is 54.7 cm³/mol. The van der Waals surface area contributed by atoms with Crippen molar-refractivity contribution in [1.29, 1.82) is 0 Å². The van der Waals surface area contributed by atoms with E-state index in [0.717, 1.165) is 6.42 Å². The maximum absolute atomic E-state index is 3.00. The molecule has 0 aliphatic carbocycles. The summed E-state index contributed by atoms with van der Waals surface area (Å²) in [6.07, 6.45) is 5.39. The zero-order chi connectivity index (χ0) is 9.28. The Balaban J connectivity index is 0. The lowest BCUT2D eigenvalue weighted by molar-refractivity contribution is 1.07. The highest BCUT2D eigenvalue weighted by Gasteiger charge is 1.86. The molecule has 0 nitrogen and oxygen atoms in total. The van der Waals surface area contributed by atoms with Crippen LogP contribution in [0.5, 0.6) is 0 Å². The van der Waals surface area contributed by atoms with Crippen molar-refractivity contribution >= 4 is 0 Å². The van der Waals surface area contributed by atoms with E-state index in [-0.39, 0.29) is 0 Å². The van der Waals surface area contributed by atoms with Gasteiger partial charge in [0.25, 0.3) is 0 Å². The van der Waals surface area contributed by atoms with Crippen molar-refractivity contribution < 1.29 is 0 Å². The van der Waals surface area contributed by atoms with Crippen LogP contribution >= 0.6 is 0 Å². The minimum Gasteiger partial charge on any atom is -0.106 e. The van der Waals surface area contributed by atoms with Gasteiger partial charge in [0, 0.05) is 0 Å². The van der Waals surface area contributed by atoms with Crippen molar-refractivity contribution in [3.05, 3.63) is 36.5 Å². The first-order chi connectivity index (χ1) is 5.22. The summed E-state index contributed by atoms with van der Waals surface area (Å²) in [6.45, 7) is 14.6. The molecule has 0 fully saturated rings. The van der Waals surface area contributed by atoms with Crippen molar-refractivity contribution in [2.24, 2.45) is 0 Å². The topological polar surface area (TPSA) is 0 Å². The molecule has 0 aromatic rings. The highest BCUT2D eigenvalue weighted by molar-refractivity contribution is 5.21. The Hall–Kier alpha value is -0.780. The fourth-order valence-corrected chi connectivity index (χ4v) is 0.671. The SMILES string of the molecule is C/C=C\C(C)=C(\C)CC.C=C. The lowest BCUT2D eigenvalue weighted by Gasteiger charge is -1.97. The molecule has 0 spiro atoms. The van der Waals surface area contributed by atoms with Crippen LogP contribution in [0.2, 0.25) is 0 Å². The molecule has 0 bridgehead atoms. The van der Waals surface area contributed by atoms with Gasteiger partial charge in [0.2, 0.25) is 0 Å². The van der Waals surface area contributed by atoms with Gasteiger partial charge in [0.15, 0.2) is 0 Å². The van der Waals surface area contributed by atoms with E-state index >= 15 is 0 Å². The summed E-state index contributed by atoms with van der Waals surface area (Å²) in [5.74, 6) is 0. The maximum Gasteiger partial charge on any atom is -0.0346 e. The first-order valence-corrected chi connectivity index (χ1v) is 4.01. The molecular formula is C11H20. The van der Waals surface area contributed by atoms with Crippen LogP contribution in [0.15, 0.2) is 36.5 Å². The smallest absolute Gasteiger partial charge is 0.0346 e. The molecule has 0 aliphatic heterocycles. The minimum atomic E-state index is 1.16. The average molecular weight is 152 g/mol. The van der Waals surface area contributed by atoms with Crippen molar-refractivity contribution in [3.8, 4) is 0 Å². The van der Waals surface area contributed by atoms with Gasteiger partial charge in [-0.05, 0) is 27.2 Å². The fraction of sp³-hybridized carbons (Fsp3) is 0.455. The molecule has 0 aromatic heterocycles. The number of allylic oxidation sites excluding steroid dienone is 4. The molecule has 0 N–H and O–H groups in total. The van der Waals surface area contributed by atoms with E-state index in [9.17, 15) is 0 Å². The summed E-state index contributed by atoms with van der Waals surface area (Å²) in [5, 5.41) is 0. The van der Waals surface area contributed by atoms with Crippen molar-refractivity contribution in [2.45, 2.75) is 34.1 Å². The van der Waals surface area contributed by atoms with Crippen LogP contribution in [0.25, 0.3) is 0 Å². The minimum absolute atomic E-state index is 1.16. The van der Waals surface area contributed by atoms with E-state index in [0.29, 0.717) is 0 Å². The third-order valence-corrected chi connectivity index (χ3v) is 1.62. The van der Waals surface area contributed by atoms with Gasteiger partial charge in [-0.25, -0.2) is 0 Å². The molecule has 0 aromatic carbocycles. The molecule has 64 valence electrons. The molecule has 0 aliphatic rings. The second kappa shape index (κ2) is 9.22. The van der Waals surface area contributed by atoms with E-state index < -0.39 is 0 Å². The van der Waals surface area contributed by atoms with Gasteiger partial charge in [0.1, 0.15) is 0 Å². The van der Waals surface area contributed by atoms with Gasteiger partial charge in [0.05, 0.1) is 0 Å². The third kappa shape index (κ3) is 7.11. The lowest BCUT2D eigenvalue weighted by atomic mass is 10.1. The van der Waals surface area contributed by atoms with Crippen LogP contribution < -0.4 is 0 Å². The Labute approximate surface area is 71.3 Å². The van der Waals surface area contributed by atoms with Crippen LogP contribution in [0.1, 0.15) is 34.1 Å². The Morgan fingerprint density at radius 1 is 1.27 bits per heavy atom. The number of rotatable bonds is 2. The Morgan fingerprint density at radius 2 is 1.73 bits per heavy atom. The third-order valence-electron chi connectivity index (χ3n) is 1.62. The van der Waals surface area contributed by atoms with Crippen LogP contribution in [0, 0.1) is 0 Å². The lowest BCUT2D eigenvalue weighted by Crippen LogP contribution is -1.76. The van der Waals surface area contributed by atoms with Crippen LogP contribution in [0.4, 0.5) is 0 Å². The maximum atomic E-state index is 3.00. The summed E-state index contributed by atoms with van der Waals surface area (Å²) >= 11 is 0. The fourth-order valence-electron chi connectivity index (χ4n) is 0.671. The quantitative estimate of drug-likeness (QED) is 0.412. The van der Waals surface area contributed by atoms with Crippen molar-refractivity contribution in [3.63, 3.8) is 0 Å². The molecule has 11 heavy (non-hydrogen) atoms. The van der Waals surface area contributed by atoms with Crippen molar-refractivity contribution in [1.82, 2.24) is 0 Å². The zero-order valence-electron chi connectivity index (χ0n) is 8.28. The van der Waals surface area contributed by atoms with Gasteiger partial charge in [-0.1, -0.05) is 30.2 Å². The second-order valence-corrected chi connectivity index (χ2v) is 2.32. The summed E-state index contributed by atoms with van der Waals surface area (Å²) in [4.78, 5) is 0. The zero-order valence-corrected chi connectivity index (χ0v) is 8.28. The Kier molecular flexibility index (Phi) is 10.8. The van der Waals surface area contributed by atoms with E-state index in [1.54, 1.807) is 0 Å². The number of hydrogen-bond acceptors (Lipinski definition) is 0.